The lowest BCUT2D eigenvalue weighted by atomic mass is 9.93. The molecule has 7 nitrogen and oxygen atoms in total. The number of methoxy groups -OCH3 is 1. The van der Waals surface area contributed by atoms with E-state index in [-0.39, 0.29) is 24.2 Å². The van der Waals surface area contributed by atoms with Crippen LogP contribution in [-0.4, -0.2) is 40.4 Å². The molecule has 1 fully saturated rings. The smallest absolute Gasteiger partial charge is 0.315 e. The second kappa shape index (κ2) is 9.17. The number of ether oxygens (including phenoxy) is 1. The lowest BCUT2D eigenvalue weighted by Gasteiger charge is -2.27. The zero-order valence-corrected chi connectivity index (χ0v) is 17.1. The third-order valence-corrected chi connectivity index (χ3v) is 5.67. The van der Waals surface area contributed by atoms with E-state index in [0.29, 0.717) is 6.42 Å². The molecule has 158 valence electrons. The molecule has 0 radical (unpaired) electrons. The molecule has 0 unspecified atom stereocenters. The summed E-state index contributed by atoms with van der Waals surface area (Å²) in [6, 6.07) is 15.2. The number of fused-ring (bicyclic) bond motifs is 1. The predicted molar refractivity (Wildman–Crippen MR) is 115 cm³/mol. The van der Waals surface area contributed by atoms with Gasteiger partial charge in [-0.05, 0) is 61.9 Å². The SMILES string of the molecule is COc1ccc(C[C@@H](NC(=O)N[C@H]2CC[C@@H](O)CC2)c2nc3ccccc3[nH]2)cc1. The Morgan fingerprint density at radius 1 is 1.17 bits per heavy atom. The fourth-order valence-electron chi connectivity index (χ4n) is 3.96. The van der Waals surface area contributed by atoms with Gasteiger partial charge < -0.3 is 25.5 Å². The van der Waals surface area contributed by atoms with Crippen LogP contribution in [-0.2, 0) is 6.42 Å². The number of rotatable bonds is 6. The lowest BCUT2D eigenvalue weighted by molar-refractivity contribution is 0.117. The van der Waals surface area contributed by atoms with Crippen molar-refractivity contribution in [1.29, 1.82) is 0 Å². The van der Waals surface area contributed by atoms with Crippen molar-refractivity contribution in [2.75, 3.05) is 7.11 Å². The number of aliphatic hydroxyl groups excluding tert-OH is 1. The van der Waals surface area contributed by atoms with Crippen LogP contribution >= 0.6 is 0 Å². The molecule has 0 spiro atoms. The number of nitrogens with one attached hydrogen (secondary N) is 3. The number of amides is 2. The number of benzene rings is 2. The Hall–Kier alpha value is -3.06. The van der Waals surface area contributed by atoms with E-state index in [2.05, 4.69) is 15.6 Å². The van der Waals surface area contributed by atoms with Gasteiger partial charge in [0.2, 0.25) is 0 Å². The Kier molecular flexibility index (Phi) is 6.18. The highest BCUT2D eigenvalue weighted by Crippen LogP contribution is 2.22. The standard InChI is InChI=1S/C23H28N4O3/c1-30-18-12-6-15(7-13-18)14-21(22-25-19-4-2-3-5-20(19)26-22)27-23(29)24-16-8-10-17(28)11-9-16/h2-7,12-13,16-17,21,28H,8-11,14H2,1H3,(H,25,26)(H2,24,27,29)/t16-,17+,21-/m1/s1. The number of hydrogen-bond donors (Lipinski definition) is 4. The lowest BCUT2D eigenvalue weighted by Crippen LogP contribution is -2.45. The molecule has 1 aliphatic rings. The predicted octanol–water partition coefficient (Wildman–Crippen LogP) is 3.46. The van der Waals surface area contributed by atoms with Gasteiger partial charge in [-0.2, -0.15) is 0 Å². The van der Waals surface area contributed by atoms with Gasteiger partial charge in [-0.25, -0.2) is 9.78 Å². The molecule has 1 aromatic heterocycles. The van der Waals surface area contributed by atoms with Gasteiger partial charge in [-0.1, -0.05) is 24.3 Å². The normalized spacial score (nSPS) is 19.9. The van der Waals surface area contributed by atoms with Crippen molar-refractivity contribution < 1.29 is 14.6 Å². The molecule has 30 heavy (non-hydrogen) atoms. The van der Waals surface area contributed by atoms with Crippen molar-refractivity contribution in [3.63, 3.8) is 0 Å². The third kappa shape index (κ3) is 4.91. The Labute approximate surface area is 175 Å². The number of carbonyl (C=O) groups excluding carboxylic acids is 1. The van der Waals surface area contributed by atoms with E-state index in [1.165, 1.54) is 0 Å². The molecule has 1 saturated carbocycles. The molecule has 1 heterocycles. The van der Waals surface area contributed by atoms with Crippen molar-refractivity contribution >= 4 is 17.1 Å². The summed E-state index contributed by atoms with van der Waals surface area (Å²) in [4.78, 5) is 20.8. The molecule has 1 atom stereocenters. The molecule has 0 saturated heterocycles. The summed E-state index contributed by atoms with van der Waals surface area (Å²) in [5.41, 5.74) is 2.88. The Bertz CT molecular complexity index is 945. The fraction of sp³-hybridized carbons (Fsp3) is 0.391. The zero-order valence-electron chi connectivity index (χ0n) is 17.1. The molecule has 2 aromatic carbocycles. The number of para-hydroxylation sites is 2. The number of H-pyrrole nitrogens is 1. The first-order valence-corrected chi connectivity index (χ1v) is 10.4. The number of aromatic nitrogens is 2. The third-order valence-electron chi connectivity index (χ3n) is 5.67. The van der Waals surface area contributed by atoms with Crippen molar-refractivity contribution in [3.05, 3.63) is 59.9 Å². The summed E-state index contributed by atoms with van der Waals surface area (Å²) < 4.78 is 5.24. The molecule has 0 bridgehead atoms. The van der Waals surface area contributed by atoms with Crippen LogP contribution in [0.25, 0.3) is 11.0 Å². The van der Waals surface area contributed by atoms with Crippen LogP contribution in [0.2, 0.25) is 0 Å². The highest BCUT2D eigenvalue weighted by Gasteiger charge is 2.23. The number of urea groups is 1. The summed E-state index contributed by atoms with van der Waals surface area (Å²) in [7, 11) is 1.64. The Morgan fingerprint density at radius 3 is 2.60 bits per heavy atom. The van der Waals surface area contributed by atoms with Crippen LogP contribution < -0.4 is 15.4 Å². The Morgan fingerprint density at radius 2 is 1.90 bits per heavy atom. The second-order valence-electron chi connectivity index (χ2n) is 7.87. The minimum Gasteiger partial charge on any atom is -0.497 e. The van der Waals surface area contributed by atoms with Crippen molar-refractivity contribution in [2.45, 2.75) is 50.3 Å². The van der Waals surface area contributed by atoms with Crippen LogP contribution in [0.3, 0.4) is 0 Å². The maximum Gasteiger partial charge on any atom is 0.315 e. The van der Waals surface area contributed by atoms with Gasteiger partial charge in [0.15, 0.2) is 0 Å². The average molecular weight is 409 g/mol. The summed E-state index contributed by atoms with van der Waals surface area (Å²) in [5, 5.41) is 15.8. The highest BCUT2D eigenvalue weighted by atomic mass is 16.5. The van der Waals surface area contributed by atoms with E-state index in [0.717, 1.165) is 53.9 Å². The molecule has 0 aliphatic heterocycles. The van der Waals surface area contributed by atoms with Gasteiger partial charge in [0.1, 0.15) is 11.6 Å². The average Bonchev–Trinajstić information content (AvgIpc) is 3.20. The zero-order chi connectivity index (χ0) is 20.9. The first-order valence-electron chi connectivity index (χ1n) is 10.4. The molecule has 4 N–H and O–H groups in total. The van der Waals surface area contributed by atoms with Gasteiger partial charge >= 0.3 is 6.03 Å². The molecule has 4 rings (SSSR count). The second-order valence-corrected chi connectivity index (χ2v) is 7.87. The van der Waals surface area contributed by atoms with E-state index in [1.807, 2.05) is 48.5 Å². The van der Waals surface area contributed by atoms with Crippen LogP contribution in [0.5, 0.6) is 5.75 Å². The number of nitrogens with zero attached hydrogens (tertiary/aromatic N) is 1. The first-order chi connectivity index (χ1) is 14.6. The minimum atomic E-state index is -0.306. The maximum absolute atomic E-state index is 12.7. The van der Waals surface area contributed by atoms with Gasteiger partial charge in [0.25, 0.3) is 0 Å². The molecular weight excluding hydrogens is 380 g/mol. The number of hydrogen-bond acceptors (Lipinski definition) is 4. The van der Waals surface area contributed by atoms with Crippen LogP contribution in [0, 0.1) is 0 Å². The van der Waals surface area contributed by atoms with Crippen molar-refractivity contribution in [2.24, 2.45) is 0 Å². The van der Waals surface area contributed by atoms with Gasteiger partial charge in [-0.15, -0.1) is 0 Å². The molecule has 1 aliphatic carbocycles. The quantitative estimate of drug-likeness (QED) is 0.502. The topological polar surface area (TPSA) is 99.3 Å². The fourth-order valence-corrected chi connectivity index (χ4v) is 3.96. The molecular formula is C23H28N4O3. The highest BCUT2D eigenvalue weighted by molar-refractivity contribution is 5.76. The van der Waals surface area contributed by atoms with E-state index in [4.69, 9.17) is 9.72 Å². The summed E-state index contributed by atoms with van der Waals surface area (Å²) >= 11 is 0. The Balaban J connectivity index is 1.50. The van der Waals surface area contributed by atoms with Crippen LogP contribution in [0.15, 0.2) is 48.5 Å². The van der Waals surface area contributed by atoms with Crippen molar-refractivity contribution in [3.8, 4) is 5.75 Å². The van der Waals surface area contributed by atoms with E-state index in [9.17, 15) is 9.90 Å². The van der Waals surface area contributed by atoms with E-state index >= 15 is 0 Å². The number of carbonyl (C=O) groups is 1. The monoisotopic (exact) mass is 408 g/mol. The molecule has 3 aromatic rings. The first kappa shape index (κ1) is 20.2. The van der Waals surface area contributed by atoms with Crippen LogP contribution in [0.1, 0.15) is 43.1 Å². The summed E-state index contributed by atoms with van der Waals surface area (Å²) in [6.07, 6.45) is 3.39. The largest absolute Gasteiger partial charge is 0.497 e. The van der Waals surface area contributed by atoms with Crippen LogP contribution in [0.4, 0.5) is 4.79 Å². The van der Waals surface area contributed by atoms with Gasteiger partial charge in [0, 0.05) is 6.04 Å². The van der Waals surface area contributed by atoms with Crippen molar-refractivity contribution in [1.82, 2.24) is 20.6 Å². The number of aliphatic hydroxyl groups is 1. The molecule has 7 heteroatoms. The maximum atomic E-state index is 12.7. The van der Waals surface area contributed by atoms with Gasteiger partial charge in [-0.3, -0.25) is 0 Å². The van der Waals surface area contributed by atoms with E-state index in [1.54, 1.807) is 7.11 Å². The number of aromatic amines is 1. The minimum absolute atomic E-state index is 0.0886. The summed E-state index contributed by atoms with van der Waals surface area (Å²) in [5.74, 6) is 1.52. The van der Waals surface area contributed by atoms with Gasteiger partial charge in [0.05, 0.1) is 30.3 Å². The summed E-state index contributed by atoms with van der Waals surface area (Å²) in [6.45, 7) is 0. The molecule has 2 amide bonds. The number of imidazole rings is 1. The van der Waals surface area contributed by atoms with E-state index < -0.39 is 0 Å².